The largest absolute Gasteiger partial charge is 0.545 e. The lowest BCUT2D eigenvalue weighted by atomic mass is 10.1. The monoisotopic (exact) mass is 409 g/mol. The summed E-state index contributed by atoms with van der Waals surface area (Å²) in [5, 5.41) is 11.1. The summed E-state index contributed by atoms with van der Waals surface area (Å²) in [6.07, 6.45) is 4.27. The zero-order valence-corrected chi connectivity index (χ0v) is 16.6. The fourth-order valence-electron chi connectivity index (χ4n) is 3.37. The van der Waals surface area contributed by atoms with Gasteiger partial charge in [0.25, 0.3) is 5.91 Å². The van der Waals surface area contributed by atoms with Crippen LogP contribution < -0.4 is 14.9 Å². The van der Waals surface area contributed by atoms with E-state index in [0.29, 0.717) is 14.9 Å². The topological polar surface area (TPSA) is 63.7 Å². The van der Waals surface area contributed by atoms with Crippen molar-refractivity contribution in [3.05, 3.63) is 64.6 Å². The summed E-state index contributed by atoms with van der Waals surface area (Å²) >= 11 is 6.56. The van der Waals surface area contributed by atoms with Gasteiger partial charge in [-0.2, -0.15) is 0 Å². The van der Waals surface area contributed by atoms with Crippen LogP contribution in [0.3, 0.4) is 0 Å². The maximum absolute atomic E-state index is 12.9. The molecule has 2 heterocycles. The fraction of sp³-hybridized carbons (Fsp3) is 0.190. The summed E-state index contributed by atoms with van der Waals surface area (Å²) in [6, 6.07) is 14.2. The van der Waals surface area contributed by atoms with Crippen molar-refractivity contribution < 1.29 is 14.7 Å². The third-order valence-corrected chi connectivity index (χ3v) is 6.10. The van der Waals surface area contributed by atoms with Gasteiger partial charge in [0.2, 0.25) is 0 Å². The van der Waals surface area contributed by atoms with Gasteiger partial charge >= 0.3 is 0 Å². The molecular formula is C21H17N2O3S2-. The second kappa shape index (κ2) is 7.77. The van der Waals surface area contributed by atoms with Crippen LogP contribution in [0.15, 0.2) is 53.4 Å². The van der Waals surface area contributed by atoms with Crippen molar-refractivity contribution in [1.82, 2.24) is 0 Å². The van der Waals surface area contributed by atoms with Gasteiger partial charge in [-0.1, -0.05) is 48.2 Å². The van der Waals surface area contributed by atoms with Crippen LogP contribution in [0.4, 0.5) is 11.4 Å². The van der Waals surface area contributed by atoms with Crippen LogP contribution in [0.1, 0.15) is 28.8 Å². The van der Waals surface area contributed by atoms with Crippen molar-refractivity contribution in [3.8, 4) is 0 Å². The number of benzene rings is 2. The summed E-state index contributed by atoms with van der Waals surface area (Å²) in [5.74, 6) is -1.55. The molecule has 2 saturated heterocycles. The number of carbonyl (C=O) groups excluding carboxylic acids is 2. The molecule has 2 aromatic carbocycles. The highest BCUT2D eigenvalue weighted by atomic mass is 32.2. The van der Waals surface area contributed by atoms with E-state index in [4.69, 9.17) is 12.2 Å². The Morgan fingerprint density at radius 3 is 2.46 bits per heavy atom. The SMILES string of the molecule is O=C([O-])c1cccc(N2C(=O)/C(=C\c3ccc(N4CCCC4)cc3)SC2=S)c1. The Kier molecular flexibility index (Phi) is 5.19. The molecular weight excluding hydrogens is 392 g/mol. The molecule has 0 aliphatic carbocycles. The lowest BCUT2D eigenvalue weighted by Crippen LogP contribution is -2.28. The maximum Gasteiger partial charge on any atom is 0.270 e. The highest BCUT2D eigenvalue weighted by Crippen LogP contribution is 2.36. The van der Waals surface area contributed by atoms with Crippen molar-refractivity contribution in [3.63, 3.8) is 0 Å². The van der Waals surface area contributed by atoms with Crippen molar-refractivity contribution in [2.75, 3.05) is 22.9 Å². The van der Waals surface area contributed by atoms with Crippen molar-refractivity contribution in [2.24, 2.45) is 0 Å². The van der Waals surface area contributed by atoms with Gasteiger partial charge in [0.05, 0.1) is 16.6 Å². The molecule has 2 aromatic rings. The highest BCUT2D eigenvalue weighted by molar-refractivity contribution is 8.27. The fourth-order valence-corrected chi connectivity index (χ4v) is 4.67. The number of carboxylic acid groups (broad SMARTS) is 1. The number of thioether (sulfide) groups is 1. The molecule has 5 nitrogen and oxygen atoms in total. The van der Waals surface area contributed by atoms with Crippen LogP contribution in [0.5, 0.6) is 0 Å². The Morgan fingerprint density at radius 2 is 1.79 bits per heavy atom. The van der Waals surface area contributed by atoms with E-state index in [9.17, 15) is 14.7 Å². The number of amides is 1. The first-order valence-electron chi connectivity index (χ1n) is 8.97. The number of nitrogens with zero attached hydrogens (tertiary/aromatic N) is 2. The molecule has 0 aromatic heterocycles. The quantitative estimate of drug-likeness (QED) is 0.571. The normalized spacial score (nSPS) is 18.4. The third-order valence-electron chi connectivity index (χ3n) is 4.80. The molecule has 142 valence electrons. The summed E-state index contributed by atoms with van der Waals surface area (Å²) < 4.78 is 0.375. The Balaban J connectivity index is 1.56. The Labute approximate surface area is 172 Å². The molecule has 0 atom stereocenters. The molecule has 7 heteroatoms. The molecule has 2 aliphatic rings. The van der Waals surface area contributed by atoms with E-state index in [2.05, 4.69) is 17.0 Å². The molecule has 28 heavy (non-hydrogen) atoms. The summed E-state index contributed by atoms with van der Waals surface area (Å²) in [5.41, 5.74) is 2.55. The molecule has 4 rings (SSSR count). The summed E-state index contributed by atoms with van der Waals surface area (Å²) in [4.78, 5) is 28.2. The van der Waals surface area contributed by atoms with Gasteiger partial charge in [-0.15, -0.1) is 0 Å². The van der Waals surface area contributed by atoms with Crippen LogP contribution in [0, 0.1) is 0 Å². The van der Waals surface area contributed by atoms with E-state index in [1.54, 1.807) is 12.1 Å². The molecule has 2 aliphatic heterocycles. The number of rotatable bonds is 4. The average molecular weight is 410 g/mol. The first-order valence-corrected chi connectivity index (χ1v) is 10.2. The molecule has 0 saturated carbocycles. The zero-order chi connectivity index (χ0) is 19.7. The predicted molar refractivity (Wildman–Crippen MR) is 114 cm³/mol. The number of carboxylic acids is 1. The molecule has 0 spiro atoms. The standard InChI is InChI=1S/C21H18N2O3S2/c24-19-18(12-14-6-8-16(9-7-14)22-10-1-2-11-22)28-21(27)23(19)17-5-3-4-15(13-17)20(25)26/h3-9,12-13H,1-2,10-11H2,(H,25,26)/p-1/b18-12+. The van der Waals surface area contributed by atoms with E-state index in [-0.39, 0.29) is 11.5 Å². The Hall–Kier alpha value is -2.64. The smallest absolute Gasteiger partial charge is 0.270 e. The van der Waals surface area contributed by atoms with E-state index < -0.39 is 5.97 Å². The minimum Gasteiger partial charge on any atom is -0.545 e. The van der Waals surface area contributed by atoms with Crippen LogP contribution in [-0.4, -0.2) is 29.3 Å². The van der Waals surface area contributed by atoms with Gasteiger partial charge in [-0.25, -0.2) is 0 Å². The molecule has 0 bridgehead atoms. The van der Waals surface area contributed by atoms with E-state index >= 15 is 0 Å². The first-order chi connectivity index (χ1) is 13.5. The van der Waals surface area contributed by atoms with Crippen LogP contribution in [-0.2, 0) is 4.79 Å². The number of hydrogen-bond acceptors (Lipinski definition) is 6. The number of aromatic carboxylic acids is 1. The van der Waals surface area contributed by atoms with Crippen LogP contribution in [0.25, 0.3) is 6.08 Å². The summed E-state index contributed by atoms with van der Waals surface area (Å²) in [6.45, 7) is 2.17. The second-order valence-electron chi connectivity index (χ2n) is 6.64. The number of hydrogen-bond donors (Lipinski definition) is 0. The van der Waals surface area contributed by atoms with Gasteiger partial charge in [0.1, 0.15) is 0 Å². The minimum atomic E-state index is -1.29. The van der Waals surface area contributed by atoms with Gasteiger partial charge in [-0.3, -0.25) is 9.69 Å². The van der Waals surface area contributed by atoms with E-state index in [0.717, 1.165) is 18.7 Å². The minimum absolute atomic E-state index is 0.00744. The lowest BCUT2D eigenvalue weighted by Gasteiger charge is -2.17. The van der Waals surface area contributed by atoms with Gasteiger partial charge < -0.3 is 14.8 Å². The first kappa shape index (κ1) is 18.7. The van der Waals surface area contributed by atoms with Gasteiger partial charge in [0.15, 0.2) is 4.32 Å². The predicted octanol–water partition coefficient (Wildman–Crippen LogP) is 3.06. The Morgan fingerprint density at radius 1 is 1.07 bits per heavy atom. The second-order valence-corrected chi connectivity index (χ2v) is 8.32. The zero-order valence-electron chi connectivity index (χ0n) is 15.0. The number of thiocarbonyl (C=S) groups is 1. The summed E-state index contributed by atoms with van der Waals surface area (Å²) in [7, 11) is 0. The van der Waals surface area contributed by atoms with E-state index in [1.165, 1.54) is 47.3 Å². The van der Waals surface area contributed by atoms with Crippen molar-refractivity contribution in [1.29, 1.82) is 0 Å². The van der Waals surface area contributed by atoms with Gasteiger partial charge in [0, 0.05) is 18.8 Å². The van der Waals surface area contributed by atoms with Crippen molar-refractivity contribution >= 4 is 57.6 Å². The molecule has 0 unspecified atom stereocenters. The molecule has 0 N–H and O–H groups in total. The highest BCUT2D eigenvalue weighted by Gasteiger charge is 2.33. The molecule has 2 fully saturated rings. The molecule has 0 radical (unpaired) electrons. The van der Waals surface area contributed by atoms with Crippen LogP contribution >= 0.6 is 24.0 Å². The third kappa shape index (κ3) is 3.68. The Bertz CT molecular complexity index is 979. The number of carbonyl (C=O) groups is 2. The molecule has 1 amide bonds. The van der Waals surface area contributed by atoms with E-state index in [1.807, 2.05) is 18.2 Å². The number of anilines is 2. The van der Waals surface area contributed by atoms with Gasteiger partial charge in [-0.05, 0) is 54.3 Å². The maximum atomic E-state index is 12.9. The average Bonchev–Trinajstić information content (AvgIpc) is 3.31. The van der Waals surface area contributed by atoms with Crippen LogP contribution in [0.2, 0.25) is 0 Å². The lowest BCUT2D eigenvalue weighted by molar-refractivity contribution is -0.255. The van der Waals surface area contributed by atoms with Crippen molar-refractivity contribution in [2.45, 2.75) is 12.8 Å².